The molecule has 1 aromatic carbocycles. The number of aliphatic hydroxyl groups is 1. The summed E-state index contributed by atoms with van der Waals surface area (Å²) in [6, 6.07) is 7.71. The number of carbonyl (C=O) groups excluding carboxylic acids is 1. The molecule has 2 amide bonds. The van der Waals surface area contributed by atoms with Crippen molar-refractivity contribution in [2.45, 2.75) is 39.8 Å². The van der Waals surface area contributed by atoms with E-state index in [1.807, 2.05) is 25.1 Å². The predicted molar refractivity (Wildman–Crippen MR) is 87.8 cm³/mol. The van der Waals surface area contributed by atoms with Gasteiger partial charge in [0, 0.05) is 13.7 Å². The van der Waals surface area contributed by atoms with Gasteiger partial charge in [-0.3, -0.25) is 0 Å². The standard InChI is InChI=1S/C17H28N2O3/c1-12-7-6-8-13(9-12)15(17(2,3)4)19-16(21)18-10-14(20)11-22-5/h6-9,14-15,20H,10-11H2,1-5H3,(H2,18,19,21). The highest BCUT2D eigenvalue weighted by Crippen LogP contribution is 2.32. The van der Waals surface area contributed by atoms with E-state index in [1.165, 1.54) is 7.11 Å². The second-order valence-electron chi connectivity index (χ2n) is 6.68. The van der Waals surface area contributed by atoms with Gasteiger partial charge in [-0.2, -0.15) is 0 Å². The van der Waals surface area contributed by atoms with E-state index in [0.717, 1.165) is 11.1 Å². The number of nitrogens with one attached hydrogen (secondary N) is 2. The lowest BCUT2D eigenvalue weighted by Crippen LogP contribution is -2.45. The minimum Gasteiger partial charge on any atom is -0.389 e. The van der Waals surface area contributed by atoms with Crippen LogP contribution in [0.25, 0.3) is 0 Å². The van der Waals surface area contributed by atoms with Crippen LogP contribution in [-0.4, -0.2) is 37.5 Å². The first-order valence-electron chi connectivity index (χ1n) is 7.52. The highest BCUT2D eigenvalue weighted by Gasteiger charge is 2.28. The Kier molecular flexibility index (Phi) is 6.84. The summed E-state index contributed by atoms with van der Waals surface area (Å²) in [4.78, 5) is 12.1. The normalized spacial score (nSPS) is 14.3. The number of methoxy groups -OCH3 is 1. The minimum absolute atomic E-state index is 0.119. The number of urea groups is 1. The number of hydrogen-bond acceptors (Lipinski definition) is 3. The van der Waals surface area contributed by atoms with Crippen LogP contribution >= 0.6 is 0 Å². The quantitative estimate of drug-likeness (QED) is 0.755. The minimum atomic E-state index is -0.706. The molecule has 2 atom stereocenters. The first-order valence-corrected chi connectivity index (χ1v) is 7.52. The molecule has 124 valence electrons. The average Bonchev–Trinajstić information content (AvgIpc) is 2.41. The number of amides is 2. The molecule has 3 N–H and O–H groups in total. The van der Waals surface area contributed by atoms with E-state index in [4.69, 9.17) is 4.74 Å². The molecule has 0 aliphatic rings. The first-order chi connectivity index (χ1) is 10.2. The Morgan fingerprint density at radius 2 is 2.05 bits per heavy atom. The number of aliphatic hydroxyl groups excluding tert-OH is 1. The third-order valence-electron chi connectivity index (χ3n) is 3.37. The Balaban J connectivity index is 2.73. The van der Waals surface area contributed by atoms with Crippen LogP contribution in [0.3, 0.4) is 0 Å². The molecule has 1 aromatic rings. The smallest absolute Gasteiger partial charge is 0.315 e. The van der Waals surface area contributed by atoms with Gasteiger partial charge in [-0.1, -0.05) is 50.6 Å². The molecule has 5 nitrogen and oxygen atoms in total. The van der Waals surface area contributed by atoms with E-state index in [0.29, 0.717) is 0 Å². The number of hydrogen-bond donors (Lipinski definition) is 3. The summed E-state index contributed by atoms with van der Waals surface area (Å²) in [7, 11) is 1.51. The first kappa shape index (κ1) is 18.5. The zero-order chi connectivity index (χ0) is 16.8. The summed E-state index contributed by atoms with van der Waals surface area (Å²) < 4.78 is 4.83. The number of aryl methyl sites for hydroxylation is 1. The Morgan fingerprint density at radius 3 is 2.59 bits per heavy atom. The Labute approximate surface area is 133 Å². The van der Waals surface area contributed by atoms with E-state index in [1.54, 1.807) is 0 Å². The number of ether oxygens (including phenoxy) is 1. The largest absolute Gasteiger partial charge is 0.389 e. The van der Waals surface area contributed by atoms with Crippen molar-refractivity contribution < 1.29 is 14.6 Å². The van der Waals surface area contributed by atoms with Gasteiger partial charge in [-0.15, -0.1) is 0 Å². The molecule has 5 heteroatoms. The molecule has 0 bridgehead atoms. The van der Waals surface area contributed by atoms with Gasteiger partial charge >= 0.3 is 6.03 Å². The van der Waals surface area contributed by atoms with Gasteiger partial charge in [0.2, 0.25) is 0 Å². The van der Waals surface area contributed by atoms with Crippen molar-refractivity contribution in [1.29, 1.82) is 0 Å². The van der Waals surface area contributed by atoms with E-state index < -0.39 is 6.10 Å². The van der Waals surface area contributed by atoms with Crippen LogP contribution in [0.2, 0.25) is 0 Å². The van der Waals surface area contributed by atoms with E-state index in [9.17, 15) is 9.90 Å². The fourth-order valence-corrected chi connectivity index (χ4v) is 2.29. The molecule has 0 radical (unpaired) electrons. The summed E-state index contributed by atoms with van der Waals surface area (Å²) >= 11 is 0. The molecular formula is C17H28N2O3. The summed E-state index contributed by atoms with van der Waals surface area (Å²) in [6.07, 6.45) is -0.706. The SMILES string of the molecule is COCC(O)CNC(=O)NC(c1cccc(C)c1)C(C)(C)C. The van der Waals surface area contributed by atoms with Crippen molar-refractivity contribution in [1.82, 2.24) is 10.6 Å². The van der Waals surface area contributed by atoms with Crippen molar-refractivity contribution in [2.75, 3.05) is 20.3 Å². The van der Waals surface area contributed by atoms with Crippen molar-refractivity contribution in [3.8, 4) is 0 Å². The fraction of sp³-hybridized carbons (Fsp3) is 0.588. The van der Waals surface area contributed by atoms with Crippen molar-refractivity contribution in [2.24, 2.45) is 5.41 Å². The van der Waals surface area contributed by atoms with Crippen LogP contribution in [0.15, 0.2) is 24.3 Å². The molecule has 0 saturated heterocycles. The molecular weight excluding hydrogens is 280 g/mol. The summed E-state index contributed by atoms with van der Waals surface area (Å²) in [5, 5.41) is 15.2. The molecule has 0 fully saturated rings. The Hall–Kier alpha value is -1.59. The van der Waals surface area contributed by atoms with Gasteiger partial charge < -0.3 is 20.5 Å². The predicted octanol–water partition coefficient (Wildman–Crippen LogP) is 2.39. The summed E-state index contributed by atoms with van der Waals surface area (Å²) in [6.45, 7) is 8.63. The molecule has 1 rings (SSSR count). The maximum Gasteiger partial charge on any atom is 0.315 e. The maximum atomic E-state index is 12.1. The highest BCUT2D eigenvalue weighted by atomic mass is 16.5. The van der Waals surface area contributed by atoms with Crippen LogP contribution in [0, 0.1) is 12.3 Å². The molecule has 2 unspecified atom stereocenters. The van der Waals surface area contributed by atoms with Crippen LogP contribution in [0.5, 0.6) is 0 Å². The molecule has 0 aliphatic heterocycles. The van der Waals surface area contributed by atoms with Gasteiger partial charge in [-0.05, 0) is 17.9 Å². The Bertz CT molecular complexity index is 483. The van der Waals surface area contributed by atoms with Crippen molar-refractivity contribution in [3.63, 3.8) is 0 Å². The van der Waals surface area contributed by atoms with Crippen LogP contribution in [0.4, 0.5) is 4.79 Å². The van der Waals surface area contributed by atoms with Gasteiger partial charge in [0.15, 0.2) is 0 Å². The number of carbonyl (C=O) groups is 1. The van der Waals surface area contributed by atoms with E-state index >= 15 is 0 Å². The van der Waals surface area contributed by atoms with Gasteiger partial charge in [-0.25, -0.2) is 4.79 Å². The topological polar surface area (TPSA) is 70.6 Å². The highest BCUT2D eigenvalue weighted by molar-refractivity contribution is 5.74. The zero-order valence-electron chi connectivity index (χ0n) is 14.1. The van der Waals surface area contributed by atoms with Gasteiger partial charge in [0.1, 0.15) is 0 Å². The van der Waals surface area contributed by atoms with Crippen molar-refractivity contribution >= 4 is 6.03 Å². The lowest BCUT2D eigenvalue weighted by molar-refractivity contribution is 0.0657. The maximum absolute atomic E-state index is 12.1. The summed E-state index contributed by atoms with van der Waals surface area (Å²) in [5.41, 5.74) is 2.10. The number of benzene rings is 1. The molecule has 22 heavy (non-hydrogen) atoms. The summed E-state index contributed by atoms with van der Waals surface area (Å²) in [5.74, 6) is 0. The average molecular weight is 308 g/mol. The van der Waals surface area contributed by atoms with Crippen molar-refractivity contribution in [3.05, 3.63) is 35.4 Å². The molecule has 0 heterocycles. The lowest BCUT2D eigenvalue weighted by atomic mass is 9.82. The Morgan fingerprint density at radius 1 is 1.36 bits per heavy atom. The molecule has 0 aliphatic carbocycles. The molecule has 0 spiro atoms. The van der Waals surface area contributed by atoms with Crippen LogP contribution in [-0.2, 0) is 4.74 Å². The van der Waals surface area contributed by atoms with Gasteiger partial charge in [0.05, 0.1) is 18.8 Å². The lowest BCUT2D eigenvalue weighted by Gasteiger charge is -2.32. The van der Waals surface area contributed by atoms with Gasteiger partial charge in [0.25, 0.3) is 0 Å². The molecule has 0 aromatic heterocycles. The van der Waals surface area contributed by atoms with E-state index in [2.05, 4.69) is 37.5 Å². The fourth-order valence-electron chi connectivity index (χ4n) is 2.29. The van der Waals surface area contributed by atoms with Crippen LogP contribution < -0.4 is 10.6 Å². The third-order valence-corrected chi connectivity index (χ3v) is 3.37. The van der Waals surface area contributed by atoms with E-state index in [-0.39, 0.29) is 30.6 Å². The molecule has 0 saturated carbocycles. The monoisotopic (exact) mass is 308 g/mol. The number of rotatable bonds is 6. The second kappa shape index (κ2) is 8.15. The third kappa shape index (κ3) is 6.03. The zero-order valence-corrected chi connectivity index (χ0v) is 14.1. The second-order valence-corrected chi connectivity index (χ2v) is 6.68. The van der Waals surface area contributed by atoms with Crippen LogP contribution in [0.1, 0.15) is 37.9 Å².